The standard InChI is InChI=1S/C21H31N3O3/c1-16(2)19(25)27-10-9-26-8-7-24-15-20(4,5)12-18(11-17(24)3)21(6,13-22)14-23/h11,18H,1,7-10,12,15H2,2-6H3. The Balaban J connectivity index is 2.63. The monoisotopic (exact) mass is 373 g/mol. The molecule has 1 unspecified atom stereocenters. The van der Waals surface area contributed by atoms with Crippen LogP contribution in [0.3, 0.4) is 0 Å². The Labute approximate surface area is 163 Å². The second-order valence-electron chi connectivity index (χ2n) is 8.16. The van der Waals surface area contributed by atoms with Crippen molar-refractivity contribution in [1.29, 1.82) is 10.5 Å². The number of rotatable bonds is 8. The predicted octanol–water partition coefficient (Wildman–Crippen LogP) is 3.43. The lowest BCUT2D eigenvalue weighted by atomic mass is 9.71. The first kappa shape index (κ1) is 22.7. The SMILES string of the molecule is C=C(C)C(=O)OCCOCCN1CC(C)(C)CC(C(C)(C#N)C#N)C=C1C. The number of hydrogen-bond acceptors (Lipinski definition) is 6. The van der Waals surface area contributed by atoms with Crippen molar-refractivity contribution >= 4 is 5.97 Å². The molecular weight excluding hydrogens is 342 g/mol. The van der Waals surface area contributed by atoms with Gasteiger partial charge in [-0.1, -0.05) is 26.5 Å². The van der Waals surface area contributed by atoms with Crippen LogP contribution in [0.5, 0.6) is 0 Å². The molecule has 0 bridgehead atoms. The summed E-state index contributed by atoms with van der Waals surface area (Å²) in [5.41, 5.74) is 0.363. The molecule has 148 valence electrons. The Morgan fingerprint density at radius 1 is 1.37 bits per heavy atom. The largest absolute Gasteiger partial charge is 0.460 e. The van der Waals surface area contributed by atoms with Gasteiger partial charge in [-0.3, -0.25) is 0 Å². The van der Waals surface area contributed by atoms with E-state index in [4.69, 9.17) is 9.47 Å². The molecule has 0 aromatic rings. The zero-order valence-corrected chi connectivity index (χ0v) is 17.2. The number of hydrogen-bond donors (Lipinski definition) is 0. The number of carbonyl (C=O) groups excluding carboxylic acids is 1. The Morgan fingerprint density at radius 2 is 2.00 bits per heavy atom. The molecule has 1 atom stereocenters. The Kier molecular flexibility index (Phi) is 8.06. The van der Waals surface area contributed by atoms with E-state index in [2.05, 4.69) is 43.5 Å². The van der Waals surface area contributed by atoms with Crippen molar-refractivity contribution in [3.63, 3.8) is 0 Å². The van der Waals surface area contributed by atoms with E-state index in [9.17, 15) is 15.3 Å². The number of nitrogens with zero attached hydrogens (tertiary/aromatic N) is 3. The van der Waals surface area contributed by atoms with Crippen LogP contribution in [-0.2, 0) is 14.3 Å². The van der Waals surface area contributed by atoms with E-state index in [0.717, 1.165) is 18.7 Å². The Hall–Kier alpha value is -2.31. The van der Waals surface area contributed by atoms with Gasteiger partial charge in [0, 0.05) is 30.3 Å². The molecule has 6 heteroatoms. The molecular formula is C21H31N3O3. The van der Waals surface area contributed by atoms with E-state index in [1.165, 1.54) is 0 Å². The first-order valence-corrected chi connectivity index (χ1v) is 9.21. The average molecular weight is 373 g/mol. The van der Waals surface area contributed by atoms with E-state index in [0.29, 0.717) is 25.3 Å². The third-order valence-electron chi connectivity index (χ3n) is 4.85. The molecule has 0 N–H and O–H groups in total. The molecule has 0 spiro atoms. The smallest absolute Gasteiger partial charge is 0.333 e. The van der Waals surface area contributed by atoms with Crippen LogP contribution >= 0.6 is 0 Å². The van der Waals surface area contributed by atoms with Crippen LogP contribution in [-0.4, -0.2) is 43.8 Å². The van der Waals surface area contributed by atoms with Gasteiger partial charge in [-0.15, -0.1) is 0 Å². The molecule has 27 heavy (non-hydrogen) atoms. The van der Waals surface area contributed by atoms with Crippen LogP contribution in [0.4, 0.5) is 0 Å². The second-order valence-corrected chi connectivity index (χ2v) is 8.16. The Bertz CT molecular complexity index is 653. The quantitative estimate of drug-likeness (QED) is 0.368. The topological polar surface area (TPSA) is 86.3 Å². The highest BCUT2D eigenvalue weighted by atomic mass is 16.6. The van der Waals surface area contributed by atoms with Crippen molar-refractivity contribution < 1.29 is 14.3 Å². The van der Waals surface area contributed by atoms with Gasteiger partial charge >= 0.3 is 5.97 Å². The molecule has 0 radical (unpaired) electrons. The molecule has 1 heterocycles. The average Bonchev–Trinajstić information content (AvgIpc) is 2.72. The number of carbonyl (C=O) groups is 1. The molecule has 0 fully saturated rings. The summed E-state index contributed by atoms with van der Waals surface area (Å²) < 4.78 is 10.6. The summed E-state index contributed by atoms with van der Waals surface area (Å²) in [6, 6.07) is 4.37. The van der Waals surface area contributed by atoms with Gasteiger partial charge in [0.1, 0.15) is 12.0 Å². The summed E-state index contributed by atoms with van der Waals surface area (Å²) in [6.07, 6.45) is 2.83. The zero-order valence-electron chi connectivity index (χ0n) is 17.2. The normalized spacial score (nSPS) is 19.3. The maximum atomic E-state index is 11.3. The Morgan fingerprint density at radius 3 is 2.56 bits per heavy atom. The molecule has 0 aromatic heterocycles. The van der Waals surface area contributed by atoms with Crippen LogP contribution < -0.4 is 0 Å². The fourth-order valence-electron chi connectivity index (χ4n) is 3.17. The van der Waals surface area contributed by atoms with Crippen molar-refractivity contribution in [2.75, 3.05) is 32.9 Å². The third kappa shape index (κ3) is 6.73. The minimum absolute atomic E-state index is 0.0368. The summed E-state index contributed by atoms with van der Waals surface area (Å²) in [4.78, 5) is 13.5. The van der Waals surface area contributed by atoms with Crippen molar-refractivity contribution in [1.82, 2.24) is 4.90 Å². The second kappa shape index (κ2) is 9.58. The van der Waals surface area contributed by atoms with Gasteiger partial charge in [-0.2, -0.15) is 10.5 Å². The highest BCUT2D eigenvalue weighted by Gasteiger charge is 2.39. The van der Waals surface area contributed by atoms with Crippen molar-refractivity contribution in [3.8, 4) is 12.1 Å². The number of nitriles is 2. The molecule has 0 saturated heterocycles. The minimum Gasteiger partial charge on any atom is -0.460 e. The molecule has 1 rings (SSSR count). The van der Waals surface area contributed by atoms with Crippen molar-refractivity contribution in [3.05, 3.63) is 23.9 Å². The number of ether oxygens (including phenoxy) is 2. The fraction of sp³-hybridized carbons (Fsp3) is 0.667. The van der Waals surface area contributed by atoms with Gasteiger partial charge in [0.2, 0.25) is 0 Å². The summed E-state index contributed by atoms with van der Waals surface area (Å²) >= 11 is 0. The van der Waals surface area contributed by atoms with Gasteiger partial charge in [0.25, 0.3) is 0 Å². The molecule has 0 aromatic carbocycles. The summed E-state index contributed by atoms with van der Waals surface area (Å²) in [6.45, 7) is 15.7. The van der Waals surface area contributed by atoms with E-state index in [1.54, 1.807) is 13.8 Å². The molecule has 0 aliphatic carbocycles. The van der Waals surface area contributed by atoms with Gasteiger partial charge in [-0.05, 0) is 32.6 Å². The predicted molar refractivity (Wildman–Crippen MR) is 103 cm³/mol. The van der Waals surface area contributed by atoms with Crippen LogP contribution in [0.1, 0.15) is 41.0 Å². The van der Waals surface area contributed by atoms with Crippen LogP contribution in [0.25, 0.3) is 0 Å². The summed E-state index contributed by atoms with van der Waals surface area (Å²) in [5, 5.41) is 18.9. The fourth-order valence-corrected chi connectivity index (χ4v) is 3.17. The molecule has 0 amide bonds. The molecule has 6 nitrogen and oxygen atoms in total. The third-order valence-corrected chi connectivity index (χ3v) is 4.85. The van der Waals surface area contributed by atoms with Crippen molar-refractivity contribution in [2.45, 2.75) is 41.0 Å². The summed E-state index contributed by atoms with van der Waals surface area (Å²) in [5.74, 6) is -0.523. The highest BCUT2D eigenvalue weighted by molar-refractivity contribution is 5.86. The lowest BCUT2D eigenvalue weighted by Crippen LogP contribution is -2.35. The lowest BCUT2D eigenvalue weighted by Gasteiger charge is -2.33. The highest BCUT2D eigenvalue weighted by Crippen LogP contribution is 2.40. The minimum atomic E-state index is -1.03. The van der Waals surface area contributed by atoms with Gasteiger partial charge in [0.15, 0.2) is 0 Å². The van der Waals surface area contributed by atoms with Gasteiger partial charge < -0.3 is 14.4 Å². The van der Waals surface area contributed by atoms with Gasteiger partial charge in [-0.25, -0.2) is 4.79 Å². The zero-order chi connectivity index (χ0) is 20.7. The summed E-state index contributed by atoms with van der Waals surface area (Å²) in [7, 11) is 0. The first-order chi connectivity index (χ1) is 12.5. The van der Waals surface area contributed by atoms with E-state index < -0.39 is 11.4 Å². The van der Waals surface area contributed by atoms with E-state index >= 15 is 0 Å². The maximum absolute atomic E-state index is 11.3. The van der Waals surface area contributed by atoms with E-state index in [1.807, 2.05) is 6.92 Å². The molecule has 1 aliphatic rings. The van der Waals surface area contributed by atoms with Crippen LogP contribution in [0.2, 0.25) is 0 Å². The number of allylic oxidation sites excluding steroid dienone is 2. The van der Waals surface area contributed by atoms with Crippen LogP contribution in [0.15, 0.2) is 23.9 Å². The van der Waals surface area contributed by atoms with E-state index in [-0.39, 0.29) is 17.9 Å². The number of esters is 1. The molecule has 1 aliphatic heterocycles. The first-order valence-electron chi connectivity index (χ1n) is 9.21. The van der Waals surface area contributed by atoms with Crippen molar-refractivity contribution in [2.24, 2.45) is 16.7 Å². The van der Waals surface area contributed by atoms with Crippen LogP contribution in [0, 0.1) is 39.4 Å². The maximum Gasteiger partial charge on any atom is 0.333 e. The molecule has 0 saturated carbocycles. The van der Waals surface area contributed by atoms with Gasteiger partial charge in [0.05, 0.1) is 25.4 Å². The lowest BCUT2D eigenvalue weighted by molar-refractivity contribution is -0.140.